The van der Waals surface area contributed by atoms with Gasteiger partial charge >= 0.3 is 0 Å². The Morgan fingerprint density at radius 3 is 2.35 bits per heavy atom. The van der Waals surface area contributed by atoms with Gasteiger partial charge in [0.15, 0.2) is 0 Å². The van der Waals surface area contributed by atoms with Crippen molar-refractivity contribution in [1.82, 2.24) is 15.3 Å². The van der Waals surface area contributed by atoms with Crippen LogP contribution in [0.5, 0.6) is 0 Å². The first-order valence-corrected chi connectivity index (χ1v) is 7.61. The number of nitrogens with zero attached hydrogens (tertiary/aromatic N) is 2. The summed E-state index contributed by atoms with van der Waals surface area (Å²) in [7, 11) is -3.64. The van der Waals surface area contributed by atoms with Gasteiger partial charge in [-0.25, -0.2) is 23.5 Å². The summed E-state index contributed by atoms with van der Waals surface area (Å²) in [5.41, 5.74) is 1.97. The van der Waals surface area contributed by atoms with Gasteiger partial charge in [0.2, 0.25) is 10.0 Å². The molecule has 106 valence electrons. The van der Waals surface area contributed by atoms with E-state index in [4.69, 9.17) is 5.14 Å². The van der Waals surface area contributed by atoms with Crippen LogP contribution in [0.1, 0.15) is 24.1 Å². The van der Waals surface area contributed by atoms with Crippen LogP contribution in [0.3, 0.4) is 0 Å². The van der Waals surface area contributed by atoms with Crippen LogP contribution < -0.4 is 10.5 Å². The summed E-state index contributed by atoms with van der Waals surface area (Å²) >= 11 is 0. The van der Waals surface area contributed by atoms with Gasteiger partial charge in [0.25, 0.3) is 0 Å². The Balaban J connectivity index is 2.01. The molecule has 1 unspecified atom stereocenters. The molecule has 0 saturated heterocycles. The molecule has 1 aromatic heterocycles. The normalized spacial score (nSPS) is 13.1. The Labute approximate surface area is 118 Å². The highest BCUT2D eigenvalue weighted by Crippen LogP contribution is 2.15. The van der Waals surface area contributed by atoms with E-state index < -0.39 is 10.0 Å². The second-order valence-corrected chi connectivity index (χ2v) is 6.02. The predicted octanol–water partition coefficient (Wildman–Crippen LogP) is 0.975. The molecular weight excluding hydrogens is 276 g/mol. The summed E-state index contributed by atoms with van der Waals surface area (Å²) in [5.74, 6) is 0. The minimum atomic E-state index is -3.64. The highest BCUT2D eigenvalue weighted by Gasteiger charge is 2.09. The van der Waals surface area contributed by atoms with Crippen LogP contribution in [0.2, 0.25) is 0 Å². The van der Waals surface area contributed by atoms with E-state index in [0.717, 1.165) is 11.1 Å². The zero-order valence-electron chi connectivity index (χ0n) is 11.0. The molecular formula is C13H16N4O2S. The maximum atomic E-state index is 11.2. The van der Waals surface area contributed by atoms with Crippen molar-refractivity contribution < 1.29 is 8.42 Å². The molecule has 0 bridgehead atoms. The average Bonchev–Trinajstić information content (AvgIpc) is 2.45. The maximum Gasteiger partial charge on any atom is 0.238 e. The lowest BCUT2D eigenvalue weighted by Crippen LogP contribution is -2.18. The van der Waals surface area contributed by atoms with Gasteiger partial charge in [0, 0.05) is 30.5 Å². The molecule has 7 heteroatoms. The lowest BCUT2D eigenvalue weighted by Gasteiger charge is -2.14. The van der Waals surface area contributed by atoms with Gasteiger partial charge < -0.3 is 5.32 Å². The first-order chi connectivity index (χ1) is 9.47. The van der Waals surface area contributed by atoms with Crippen LogP contribution in [-0.2, 0) is 16.6 Å². The summed E-state index contributed by atoms with van der Waals surface area (Å²) in [6.45, 7) is 2.63. The molecule has 0 aliphatic rings. The second kappa shape index (κ2) is 6.08. The summed E-state index contributed by atoms with van der Waals surface area (Å²) < 4.78 is 22.3. The molecule has 2 aromatic rings. The number of aromatic nitrogens is 2. The number of primary sulfonamides is 1. The molecule has 0 aliphatic carbocycles. The fourth-order valence-corrected chi connectivity index (χ4v) is 2.27. The third-order valence-corrected chi connectivity index (χ3v) is 3.86. The highest BCUT2D eigenvalue weighted by molar-refractivity contribution is 7.89. The monoisotopic (exact) mass is 292 g/mol. The molecule has 20 heavy (non-hydrogen) atoms. The third-order valence-electron chi connectivity index (χ3n) is 2.94. The largest absolute Gasteiger partial charge is 0.306 e. The van der Waals surface area contributed by atoms with Crippen molar-refractivity contribution in [2.75, 3.05) is 0 Å². The van der Waals surface area contributed by atoms with Crippen molar-refractivity contribution in [2.45, 2.75) is 24.4 Å². The Hall–Kier alpha value is -1.83. The molecule has 2 rings (SSSR count). The van der Waals surface area contributed by atoms with Crippen LogP contribution >= 0.6 is 0 Å². The number of hydrogen-bond donors (Lipinski definition) is 2. The third kappa shape index (κ3) is 3.83. The molecule has 0 fully saturated rings. The fraction of sp³-hybridized carbons (Fsp3) is 0.231. The summed E-state index contributed by atoms with van der Waals surface area (Å²) in [6, 6.07) is 6.59. The summed E-state index contributed by atoms with van der Waals surface area (Å²) in [4.78, 5) is 8.00. The van der Waals surface area contributed by atoms with Crippen LogP contribution in [0.4, 0.5) is 0 Å². The first kappa shape index (κ1) is 14.6. The first-order valence-electron chi connectivity index (χ1n) is 6.07. The molecule has 1 atom stereocenters. The Morgan fingerprint density at radius 1 is 1.20 bits per heavy atom. The van der Waals surface area contributed by atoms with Gasteiger partial charge in [0.05, 0.1) is 4.90 Å². The molecule has 3 N–H and O–H groups in total. The van der Waals surface area contributed by atoms with Crippen molar-refractivity contribution in [2.24, 2.45) is 5.14 Å². The summed E-state index contributed by atoms with van der Waals surface area (Å²) in [5, 5.41) is 8.37. The molecule has 0 amide bonds. The molecule has 6 nitrogen and oxygen atoms in total. The predicted molar refractivity (Wildman–Crippen MR) is 75.1 cm³/mol. The number of nitrogens with two attached hydrogens (primary N) is 1. The zero-order valence-corrected chi connectivity index (χ0v) is 11.8. The number of benzene rings is 1. The van der Waals surface area contributed by atoms with Crippen LogP contribution in [-0.4, -0.2) is 18.4 Å². The van der Waals surface area contributed by atoms with Crippen molar-refractivity contribution in [1.29, 1.82) is 0 Å². The van der Waals surface area contributed by atoms with Gasteiger partial charge in [-0.1, -0.05) is 12.1 Å². The minimum Gasteiger partial charge on any atom is -0.306 e. The molecule has 1 aromatic carbocycles. The molecule has 0 aliphatic heterocycles. The van der Waals surface area contributed by atoms with Gasteiger partial charge in [-0.3, -0.25) is 0 Å². The van der Waals surface area contributed by atoms with Crippen LogP contribution in [0.15, 0.2) is 47.9 Å². The van der Waals surface area contributed by atoms with E-state index in [0.29, 0.717) is 6.54 Å². The van der Waals surface area contributed by atoms with E-state index in [1.807, 2.05) is 6.92 Å². The van der Waals surface area contributed by atoms with Crippen molar-refractivity contribution >= 4 is 10.0 Å². The maximum absolute atomic E-state index is 11.2. The zero-order chi connectivity index (χ0) is 14.6. The lowest BCUT2D eigenvalue weighted by molar-refractivity contribution is 0.572. The number of nitrogens with one attached hydrogen (secondary N) is 1. The van der Waals surface area contributed by atoms with E-state index in [2.05, 4.69) is 15.3 Å². The van der Waals surface area contributed by atoms with Crippen LogP contribution in [0, 0.1) is 0 Å². The van der Waals surface area contributed by atoms with Crippen LogP contribution in [0.25, 0.3) is 0 Å². The van der Waals surface area contributed by atoms with E-state index in [1.54, 1.807) is 24.5 Å². The number of sulfonamides is 1. The Kier molecular flexibility index (Phi) is 4.43. The minimum absolute atomic E-state index is 0.0738. The van der Waals surface area contributed by atoms with Gasteiger partial charge in [-0.05, 0) is 24.6 Å². The molecule has 0 saturated carbocycles. The topological polar surface area (TPSA) is 98.0 Å². The summed E-state index contributed by atoms with van der Waals surface area (Å²) in [6.07, 6.45) is 4.98. The number of rotatable bonds is 5. The van der Waals surface area contributed by atoms with Gasteiger partial charge in [-0.15, -0.1) is 0 Å². The Bertz CT molecular complexity index is 657. The van der Waals surface area contributed by atoms with Gasteiger partial charge in [-0.2, -0.15) is 0 Å². The van der Waals surface area contributed by atoms with Gasteiger partial charge in [0.1, 0.15) is 6.33 Å². The van der Waals surface area contributed by atoms with E-state index in [-0.39, 0.29) is 10.9 Å². The molecule has 0 radical (unpaired) electrons. The second-order valence-electron chi connectivity index (χ2n) is 4.46. The van der Waals surface area contributed by atoms with E-state index in [1.165, 1.54) is 18.5 Å². The van der Waals surface area contributed by atoms with E-state index in [9.17, 15) is 8.42 Å². The standard InChI is InChI=1S/C13H16N4O2S/c1-10(17-8-11-6-15-9-16-7-11)12-2-4-13(5-3-12)20(14,18)19/h2-7,9-10,17H,8H2,1H3,(H2,14,18,19). The number of hydrogen-bond acceptors (Lipinski definition) is 5. The Morgan fingerprint density at radius 2 is 1.80 bits per heavy atom. The molecule has 1 heterocycles. The SMILES string of the molecule is CC(NCc1cncnc1)c1ccc(S(N)(=O)=O)cc1. The van der Waals surface area contributed by atoms with E-state index >= 15 is 0 Å². The van der Waals surface area contributed by atoms with Crippen molar-refractivity contribution in [3.05, 3.63) is 54.1 Å². The lowest BCUT2D eigenvalue weighted by atomic mass is 10.1. The van der Waals surface area contributed by atoms with Crippen molar-refractivity contribution in [3.8, 4) is 0 Å². The fourth-order valence-electron chi connectivity index (χ4n) is 1.76. The quantitative estimate of drug-likeness (QED) is 0.856. The van der Waals surface area contributed by atoms with Crippen molar-refractivity contribution in [3.63, 3.8) is 0 Å². The molecule has 0 spiro atoms. The average molecular weight is 292 g/mol. The highest BCUT2D eigenvalue weighted by atomic mass is 32.2. The smallest absolute Gasteiger partial charge is 0.238 e.